The maximum atomic E-state index is 11.8. The molecule has 3 N–H and O–H groups in total. The van der Waals surface area contributed by atoms with Crippen LogP contribution in [-0.4, -0.2) is 13.4 Å². The van der Waals surface area contributed by atoms with Crippen LogP contribution < -0.4 is 10.5 Å². The summed E-state index contributed by atoms with van der Waals surface area (Å²) in [7, 11) is -3.45. The Hall–Kier alpha value is -0.960. The first-order valence-corrected chi connectivity index (χ1v) is 7.53. The molecule has 16 heavy (non-hydrogen) atoms. The Morgan fingerprint density at radius 3 is 2.81 bits per heavy atom. The van der Waals surface area contributed by atoms with Crippen molar-refractivity contribution in [2.75, 3.05) is 5.73 Å². The lowest BCUT2D eigenvalue weighted by atomic mass is 10.6. The lowest BCUT2D eigenvalue weighted by molar-refractivity contribution is 0.584. The molecule has 5 nitrogen and oxygen atoms in total. The van der Waals surface area contributed by atoms with Crippen LogP contribution in [0.5, 0.6) is 0 Å². The van der Waals surface area contributed by atoms with Crippen molar-refractivity contribution in [1.29, 1.82) is 0 Å². The largest absolute Gasteiger partial charge is 0.398 e. The summed E-state index contributed by atoms with van der Waals surface area (Å²) in [6.07, 6.45) is 1.63. The monoisotopic (exact) mass is 275 g/mol. The van der Waals surface area contributed by atoms with Gasteiger partial charge < -0.3 is 5.73 Å². The van der Waals surface area contributed by atoms with Crippen molar-refractivity contribution < 1.29 is 8.42 Å². The van der Waals surface area contributed by atoms with Gasteiger partial charge in [-0.1, -0.05) is 0 Å². The maximum absolute atomic E-state index is 11.8. The van der Waals surface area contributed by atoms with E-state index in [1.807, 2.05) is 0 Å². The second-order valence-electron chi connectivity index (χ2n) is 2.99. The number of anilines is 1. The molecule has 0 aliphatic carbocycles. The Balaban J connectivity index is 2.09. The zero-order valence-corrected chi connectivity index (χ0v) is 10.5. The molecule has 0 aromatic carbocycles. The third-order valence-corrected chi connectivity index (χ3v) is 5.42. The average Bonchev–Trinajstić information content (AvgIpc) is 2.85. The van der Waals surface area contributed by atoms with Crippen LogP contribution in [0.4, 0.5) is 5.69 Å². The van der Waals surface area contributed by atoms with Crippen molar-refractivity contribution in [2.45, 2.75) is 10.8 Å². The molecule has 2 heterocycles. The molecule has 0 spiro atoms. The minimum Gasteiger partial charge on any atom is -0.398 e. The summed E-state index contributed by atoms with van der Waals surface area (Å²) >= 11 is 2.51. The lowest BCUT2D eigenvalue weighted by Crippen LogP contribution is -2.21. The second kappa shape index (κ2) is 4.50. The van der Waals surface area contributed by atoms with Crippen LogP contribution in [0.25, 0.3) is 0 Å². The summed E-state index contributed by atoms with van der Waals surface area (Å²) in [6, 6.07) is 1.44. The van der Waals surface area contributed by atoms with Crippen LogP contribution in [0.2, 0.25) is 0 Å². The molecule has 0 bridgehead atoms. The van der Waals surface area contributed by atoms with E-state index in [-0.39, 0.29) is 10.8 Å². The normalized spacial score (nSPS) is 11.8. The Labute approximate surface area is 101 Å². The molecule has 2 rings (SSSR count). The quantitative estimate of drug-likeness (QED) is 0.880. The fraction of sp³-hybridized carbons (Fsp3) is 0.125. The van der Waals surface area contributed by atoms with Crippen LogP contribution >= 0.6 is 22.7 Å². The number of rotatable bonds is 4. The predicted octanol–water partition coefficient (Wildman–Crippen LogP) is 1.27. The van der Waals surface area contributed by atoms with E-state index in [9.17, 15) is 8.42 Å². The molecule has 0 saturated carbocycles. The molecule has 8 heteroatoms. The molecule has 86 valence electrons. The van der Waals surface area contributed by atoms with Crippen LogP contribution in [0.1, 0.15) is 4.88 Å². The van der Waals surface area contributed by atoms with Gasteiger partial charge in [0.15, 0.2) is 0 Å². The molecule has 0 fully saturated rings. The highest BCUT2D eigenvalue weighted by Crippen LogP contribution is 2.21. The van der Waals surface area contributed by atoms with E-state index in [1.165, 1.54) is 17.4 Å². The van der Waals surface area contributed by atoms with Gasteiger partial charge in [0.1, 0.15) is 4.21 Å². The summed E-state index contributed by atoms with van der Waals surface area (Å²) in [6.45, 7) is 0.255. The highest BCUT2D eigenvalue weighted by molar-refractivity contribution is 7.91. The molecule has 0 unspecified atom stereocenters. The molecule has 2 aromatic heterocycles. The number of nitrogens with zero attached hydrogens (tertiary/aromatic N) is 1. The summed E-state index contributed by atoms with van der Waals surface area (Å²) in [5.74, 6) is 0. The van der Waals surface area contributed by atoms with Crippen molar-refractivity contribution in [1.82, 2.24) is 9.71 Å². The minimum atomic E-state index is -3.45. The number of thiophene rings is 1. The summed E-state index contributed by atoms with van der Waals surface area (Å²) in [5, 5.41) is 1.60. The van der Waals surface area contributed by atoms with Gasteiger partial charge in [-0.05, 0) is 6.07 Å². The molecular formula is C8H9N3O2S3. The van der Waals surface area contributed by atoms with Crippen molar-refractivity contribution in [3.63, 3.8) is 0 Å². The molecule has 0 atom stereocenters. The van der Waals surface area contributed by atoms with Crippen LogP contribution in [0.3, 0.4) is 0 Å². The summed E-state index contributed by atoms with van der Waals surface area (Å²) in [5.41, 5.74) is 7.60. The summed E-state index contributed by atoms with van der Waals surface area (Å²) in [4.78, 5) is 4.73. The Morgan fingerprint density at radius 1 is 1.44 bits per heavy atom. The van der Waals surface area contributed by atoms with Gasteiger partial charge >= 0.3 is 0 Å². The first kappa shape index (κ1) is 11.5. The van der Waals surface area contributed by atoms with Crippen LogP contribution in [0.15, 0.2) is 27.4 Å². The molecule has 0 amide bonds. The zero-order chi connectivity index (χ0) is 11.6. The Kier molecular flexibility index (Phi) is 3.24. The predicted molar refractivity (Wildman–Crippen MR) is 64.9 cm³/mol. The number of hydrogen-bond donors (Lipinski definition) is 2. The highest BCUT2D eigenvalue weighted by atomic mass is 32.2. The number of sulfonamides is 1. The van der Waals surface area contributed by atoms with Gasteiger partial charge in [-0.15, -0.1) is 22.7 Å². The number of thiazole rings is 1. The second-order valence-corrected chi connectivity index (χ2v) is 6.87. The molecule has 2 aromatic rings. The molecule has 0 aliphatic heterocycles. The van der Waals surface area contributed by atoms with Crippen molar-refractivity contribution in [3.8, 4) is 0 Å². The maximum Gasteiger partial charge on any atom is 0.250 e. The lowest BCUT2D eigenvalue weighted by Gasteiger charge is -2.01. The Morgan fingerprint density at radius 2 is 2.25 bits per heavy atom. The van der Waals surface area contributed by atoms with E-state index in [0.717, 1.165) is 16.2 Å². The molecule has 0 aliphatic rings. The fourth-order valence-electron chi connectivity index (χ4n) is 1.04. The van der Waals surface area contributed by atoms with Gasteiger partial charge in [0.05, 0.1) is 5.51 Å². The van der Waals surface area contributed by atoms with E-state index in [0.29, 0.717) is 5.69 Å². The first-order valence-electron chi connectivity index (χ1n) is 4.29. The fourth-order valence-corrected chi connectivity index (χ4v) is 3.79. The third-order valence-electron chi connectivity index (χ3n) is 1.78. The number of nitrogens with two attached hydrogens (primary N) is 1. The molecular weight excluding hydrogens is 266 g/mol. The van der Waals surface area contributed by atoms with Crippen molar-refractivity contribution >= 4 is 38.4 Å². The zero-order valence-electron chi connectivity index (χ0n) is 8.08. The van der Waals surface area contributed by atoms with Gasteiger partial charge in [-0.2, -0.15) is 0 Å². The Bertz CT molecular complexity index is 559. The van der Waals surface area contributed by atoms with E-state index >= 15 is 0 Å². The molecule has 0 radical (unpaired) electrons. The van der Waals surface area contributed by atoms with Gasteiger partial charge in [0, 0.05) is 28.7 Å². The number of aromatic nitrogens is 1. The number of hydrogen-bond acceptors (Lipinski definition) is 6. The van der Waals surface area contributed by atoms with E-state index in [4.69, 9.17) is 5.73 Å². The van der Waals surface area contributed by atoms with E-state index in [1.54, 1.807) is 17.1 Å². The molecule has 0 saturated heterocycles. The van der Waals surface area contributed by atoms with Gasteiger partial charge in [0.25, 0.3) is 0 Å². The summed E-state index contributed by atoms with van der Waals surface area (Å²) < 4.78 is 26.3. The van der Waals surface area contributed by atoms with E-state index in [2.05, 4.69) is 9.71 Å². The number of nitrogen functional groups attached to an aromatic ring is 1. The van der Waals surface area contributed by atoms with E-state index < -0.39 is 10.0 Å². The van der Waals surface area contributed by atoms with Crippen molar-refractivity contribution in [3.05, 3.63) is 28.0 Å². The highest BCUT2D eigenvalue weighted by Gasteiger charge is 2.15. The topological polar surface area (TPSA) is 85.1 Å². The first-order chi connectivity index (χ1) is 7.58. The third kappa shape index (κ3) is 2.59. The van der Waals surface area contributed by atoms with Gasteiger partial charge in [0.2, 0.25) is 10.0 Å². The van der Waals surface area contributed by atoms with Gasteiger partial charge in [-0.3, -0.25) is 4.98 Å². The standard InChI is InChI=1S/C8H9N3O2S3/c9-6-1-8(14-4-6)16(12,13)11-3-7-2-10-5-15-7/h1-2,4-5,11H,3,9H2. The van der Waals surface area contributed by atoms with Crippen LogP contribution in [0, 0.1) is 0 Å². The van der Waals surface area contributed by atoms with Crippen LogP contribution in [-0.2, 0) is 16.6 Å². The number of nitrogens with one attached hydrogen (secondary N) is 1. The minimum absolute atomic E-state index is 0.231. The SMILES string of the molecule is Nc1csc(S(=O)(=O)NCc2cncs2)c1. The van der Waals surface area contributed by atoms with Crippen molar-refractivity contribution in [2.24, 2.45) is 0 Å². The van der Waals surface area contributed by atoms with Gasteiger partial charge in [-0.25, -0.2) is 13.1 Å². The smallest absolute Gasteiger partial charge is 0.250 e. The average molecular weight is 275 g/mol.